The molecule has 4 nitrogen and oxygen atoms in total. The molecule has 0 aliphatic heterocycles. The molecule has 52 heavy (non-hydrogen) atoms. The van der Waals surface area contributed by atoms with Crippen molar-refractivity contribution in [1.29, 1.82) is 0 Å². The average Bonchev–Trinajstić information content (AvgIpc) is 3.69. The summed E-state index contributed by atoms with van der Waals surface area (Å²) in [6.07, 6.45) is 1.85. The van der Waals surface area contributed by atoms with E-state index in [0.717, 1.165) is 45.1 Å². The van der Waals surface area contributed by atoms with Gasteiger partial charge in [-0.25, -0.2) is 4.98 Å². The Hall–Kier alpha value is -4.01. The summed E-state index contributed by atoms with van der Waals surface area (Å²) in [7, 11) is 0. The smallest absolute Gasteiger partial charge is 0 e. The second-order valence-electron chi connectivity index (χ2n) is 14.0. The summed E-state index contributed by atoms with van der Waals surface area (Å²) in [5.41, 5.74) is 8.52. The second-order valence-corrected chi connectivity index (χ2v) is 25.6. The Bertz CT molecular complexity index is 2570. The molecule has 0 amide bonds. The van der Waals surface area contributed by atoms with E-state index in [1.54, 1.807) is 23.5 Å². The van der Waals surface area contributed by atoms with Crippen LogP contribution in [0.5, 0.6) is 0 Å². The molecule has 0 aliphatic rings. The van der Waals surface area contributed by atoms with Crippen LogP contribution in [0, 0.1) is 24.9 Å². The minimum Gasteiger partial charge on any atom is 0 e. The van der Waals surface area contributed by atoms with Crippen molar-refractivity contribution in [3.63, 3.8) is 0 Å². The molecule has 4 aromatic heterocycles. The first-order valence-corrected chi connectivity index (χ1v) is 25.4. The van der Waals surface area contributed by atoms with Gasteiger partial charge in [0.05, 0.1) is 16.9 Å². The van der Waals surface area contributed by atoms with Gasteiger partial charge in [-0.15, -0.1) is 12.1 Å². The Labute approximate surface area is 327 Å². The van der Waals surface area contributed by atoms with Gasteiger partial charge in [0, 0.05) is 37.7 Å². The maximum atomic E-state index is 13.9. The number of rotatable bonds is 6. The Morgan fingerprint density at radius 3 is 2.38 bits per heavy atom. The first-order valence-electron chi connectivity index (χ1n) is 17.8. The fraction of sp³-hybridized carbons (Fsp3) is 0.205. The number of aromatic nitrogens is 4. The largest absolute Gasteiger partial charge is 0 e. The van der Waals surface area contributed by atoms with Crippen LogP contribution in [0.3, 0.4) is 0 Å². The third-order valence-corrected chi connectivity index (χ3v) is 14.5. The molecule has 0 N–H and O–H groups in total. The minimum absolute atomic E-state index is 0. The van der Waals surface area contributed by atoms with Crippen molar-refractivity contribution in [3.05, 3.63) is 132 Å². The summed E-state index contributed by atoms with van der Waals surface area (Å²) in [5.74, 6) is 6.75. The topological polar surface area (TPSA) is 43.6 Å². The van der Waals surface area contributed by atoms with Gasteiger partial charge in [-0.1, -0.05) is 70.6 Å². The number of imidazole rings is 1. The van der Waals surface area contributed by atoms with Crippen molar-refractivity contribution in [2.24, 2.45) is 0 Å². The van der Waals surface area contributed by atoms with Crippen LogP contribution >= 0.6 is 11.3 Å². The Balaban J connectivity index is 0.000000193. The predicted molar refractivity (Wildman–Crippen MR) is 216 cm³/mol. The number of hydrogen-bond donors (Lipinski definition) is 0. The van der Waals surface area contributed by atoms with Gasteiger partial charge in [-0.2, -0.15) is 11.3 Å². The Morgan fingerprint density at radius 2 is 1.67 bits per heavy atom. The van der Waals surface area contributed by atoms with Gasteiger partial charge < -0.3 is 4.57 Å². The zero-order valence-electron chi connectivity index (χ0n) is 31.4. The minimum atomic E-state index is -2.14. The zero-order valence-corrected chi connectivity index (χ0v) is 35.7. The number of pyridine rings is 2. The quantitative estimate of drug-likeness (QED) is 0.123. The molecule has 8 heteroatoms. The van der Waals surface area contributed by atoms with Crippen molar-refractivity contribution in [3.8, 4) is 33.8 Å². The van der Waals surface area contributed by atoms with Gasteiger partial charge in [0.15, 0.2) is 0 Å². The van der Waals surface area contributed by atoms with E-state index >= 15 is 0 Å². The van der Waals surface area contributed by atoms with Crippen LogP contribution in [-0.2, 0) is 26.7 Å². The van der Waals surface area contributed by atoms with Crippen molar-refractivity contribution < 1.29 is 25.9 Å². The third-order valence-electron chi connectivity index (χ3n) is 9.14. The molecule has 0 fully saturated rings. The molecule has 265 valence electrons. The number of para-hydroxylation sites is 2. The average molecular weight is 943 g/mol. The zero-order chi connectivity index (χ0) is 36.8. The maximum Gasteiger partial charge on any atom is 0 e. The van der Waals surface area contributed by atoms with Crippen LogP contribution in [0.4, 0.5) is 4.39 Å². The number of benzene rings is 4. The van der Waals surface area contributed by atoms with Gasteiger partial charge in [0.2, 0.25) is 0 Å². The molecule has 4 aromatic carbocycles. The van der Waals surface area contributed by atoms with Gasteiger partial charge in [-0.05, 0) is 36.7 Å². The van der Waals surface area contributed by atoms with Crippen LogP contribution in [-0.4, -0.2) is 32.8 Å². The van der Waals surface area contributed by atoms with E-state index in [4.69, 9.17) is 11.3 Å². The monoisotopic (exact) mass is 944 g/mol. The summed E-state index contributed by atoms with van der Waals surface area (Å²) >= 11 is -0.397. The van der Waals surface area contributed by atoms with E-state index in [-0.39, 0.29) is 25.9 Å². The van der Waals surface area contributed by atoms with Gasteiger partial charge in [-0.3, -0.25) is 4.98 Å². The molecule has 0 bridgehead atoms. The molecule has 0 unspecified atom stereocenters. The fourth-order valence-electron chi connectivity index (χ4n) is 6.61. The first-order chi connectivity index (χ1) is 24.8. The first kappa shape index (κ1) is 36.4. The molecular weight excluding hydrogens is 900 g/mol. The number of aryl methyl sites for hydroxylation is 2. The van der Waals surface area contributed by atoms with E-state index in [9.17, 15) is 4.39 Å². The van der Waals surface area contributed by atoms with Crippen LogP contribution in [0.15, 0.2) is 103 Å². The second kappa shape index (κ2) is 15.5. The van der Waals surface area contributed by atoms with Crippen LogP contribution in [0.2, 0.25) is 17.3 Å². The summed E-state index contributed by atoms with van der Waals surface area (Å²) in [5, 5.41) is 2.43. The van der Waals surface area contributed by atoms with E-state index in [1.807, 2.05) is 39.1 Å². The Morgan fingerprint density at radius 1 is 0.923 bits per heavy atom. The van der Waals surface area contributed by atoms with Gasteiger partial charge in [0.1, 0.15) is 4.83 Å². The molecule has 0 atom stereocenters. The number of nitrogens with zero attached hydrogens (tertiary/aromatic N) is 4. The van der Waals surface area contributed by atoms with Crippen LogP contribution < -0.4 is 4.40 Å². The number of fused-ring (bicyclic) bond motifs is 4. The molecule has 4 heterocycles. The molecule has 0 saturated heterocycles. The van der Waals surface area contributed by atoms with Gasteiger partial charge >= 0.3 is 125 Å². The summed E-state index contributed by atoms with van der Waals surface area (Å²) in [6.45, 7) is 8.81. The number of thiophene rings is 1. The molecule has 1 radical (unpaired) electrons. The third kappa shape index (κ3) is 7.29. The normalized spacial score (nSPS) is 12.0. The summed E-state index contributed by atoms with van der Waals surface area (Å²) in [6, 6.07) is 38.4. The standard InChI is InChI=1S/C27H20N3S.C17H21FGeN.Ir/c1-3-30-23-12-8-7-11-22(23)29-26(30)21-16-15-19(18-9-5-4-6-10-18)24-20-14-13-17(2)28-27(20)31-25(21)24;1-12(2)14-10-17(13-8-6-7-9-15(13)18)20-11-16(14)19(3,4)5;/h4-15H,3H2,1-2H3;6-7,9-12H,1-5H3;/q2*-1;/i;12D;. The van der Waals surface area contributed by atoms with Crippen molar-refractivity contribution in [1.82, 2.24) is 19.5 Å². The SMILES string of the molecule is CCn1c(-c2[c-]cc(-c3ccccc3)c3c2sc2nc(C)ccc23)nc2ccccc21.[2H]C(C)(C)c1cc(-c2[c-]cccc2F)nc[c]1[Ge]([CH3])([CH3])[CH3].[Ir]. The maximum absolute atomic E-state index is 13.9. The fourth-order valence-corrected chi connectivity index (χ4v) is 11.2. The van der Waals surface area contributed by atoms with Crippen LogP contribution in [0.1, 0.15) is 39.3 Å². The van der Waals surface area contributed by atoms with E-state index in [2.05, 4.69) is 113 Å². The van der Waals surface area contributed by atoms with Crippen LogP contribution in [0.25, 0.3) is 65.1 Å². The summed E-state index contributed by atoms with van der Waals surface area (Å²) in [4.78, 5) is 15.4. The van der Waals surface area contributed by atoms with Crippen molar-refractivity contribution in [2.75, 3.05) is 0 Å². The van der Waals surface area contributed by atoms with Gasteiger partial charge in [0.25, 0.3) is 0 Å². The number of hydrogen-bond acceptors (Lipinski definition) is 4. The summed E-state index contributed by atoms with van der Waals surface area (Å²) < 4.78 is 27.0. The Kier molecular flexibility index (Phi) is 10.9. The molecular formula is C44H41FGeIrN4S-2. The molecule has 8 rings (SSSR count). The molecule has 0 saturated carbocycles. The van der Waals surface area contributed by atoms with E-state index < -0.39 is 19.2 Å². The molecule has 0 spiro atoms. The van der Waals surface area contributed by atoms with Crippen molar-refractivity contribution in [2.45, 2.75) is 57.4 Å². The van der Waals surface area contributed by atoms with E-state index in [1.165, 1.54) is 37.1 Å². The predicted octanol–water partition coefficient (Wildman–Crippen LogP) is 11.6. The molecule has 0 aliphatic carbocycles. The molecule has 8 aromatic rings. The van der Waals surface area contributed by atoms with E-state index in [0.29, 0.717) is 11.3 Å². The van der Waals surface area contributed by atoms with Crippen molar-refractivity contribution >= 4 is 60.3 Å². The number of halogens is 1.